The Hall–Kier alpha value is -1.46. The van der Waals surface area contributed by atoms with Gasteiger partial charge in [-0.1, -0.05) is 0 Å². The molecule has 0 saturated carbocycles. The van der Waals surface area contributed by atoms with Crippen LogP contribution in [-0.2, 0) is 4.74 Å². The molecular weight excluding hydrogens is 284 g/mol. The average molecular weight is 304 g/mol. The van der Waals surface area contributed by atoms with E-state index in [1.165, 1.54) is 6.42 Å². The normalized spacial score (nSPS) is 18.2. The number of amides is 1. The molecule has 0 unspecified atom stereocenters. The molecular formula is C16H20N2O2S. The zero-order valence-electron chi connectivity index (χ0n) is 12.2. The number of carbonyl (C=O) groups excluding carboxylic acids is 1. The minimum absolute atomic E-state index is 0.0669. The van der Waals surface area contributed by atoms with E-state index >= 15 is 0 Å². The van der Waals surface area contributed by atoms with E-state index in [-0.39, 0.29) is 5.91 Å². The molecule has 1 amide bonds. The predicted molar refractivity (Wildman–Crippen MR) is 84.8 cm³/mol. The molecule has 2 aromatic rings. The van der Waals surface area contributed by atoms with Crippen molar-refractivity contribution in [3.05, 3.63) is 29.3 Å². The third kappa shape index (κ3) is 3.41. The van der Waals surface area contributed by atoms with E-state index in [0.717, 1.165) is 42.6 Å². The molecule has 1 fully saturated rings. The number of benzene rings is 1. The summed E-state index contributed by atoms with van der Waals surface area (Å²) < 4.78 is 6.73. The summed E-state index contributed by atoms with van der Waals surface area (Å²) in [5.74, 6) is 0.0669. The van der Waals surface area contributed by atoms with Gasteiger partial charge in [0.05, 0.1) is 21.8 Å². The van der Waals surface area contributed by atoms with E-state index in [9.17, 15) is 4.79 Å². The minimum atomic E-state index is 0.0669. The van der Waals surface area contributed by atoms with E-state index in [4.69, 9.17) is 4.74 Å². The lowest BCUT2D eigenvalue weighted by Gasteiger charge is -2.18. The second kappa shape index (κ2) is 6.54. The number of hydrogen-bond donors (Lipinski definition) is 0. The molecule has 1 atom stereocenters. The molecule has 1 aromatic carbocycles. The first-order valence-electron chi connectivity index (χ1n) is 7.44. The summed E-state index contributed by atoms with van der Waals surface area (Å²) in [5.41, 5.74) is 3.43. The van der Waals surface area contributed by atoms with Crippen LogP contribution in [0.15, 0.2) is 23.7 Å². The highest BCUT2D eigenvalue weighted by molar-refractivity contribution is 7.16. The number of hydrogen-bond acceptors (Lipinski definition) is 4. The van der Waals surface area contributed by atoms with Crippen LogP contribution in [0.5, 0.6) is 0 Å². The zero-order valence-corrected chi connectivity index (χ0v) is 13.1. The van der Waals surface area contributed by atoms with Gasteiger partial charge >= 0.3 is 0 Å². The van der Waals surface area contributed by atoms with Crippen LogP contribution >= 0.6 is 11.3 Å². The molecule has 2 heterocycles. The Morgan fingerprint density at radius 3 is 3.24 bits per heavy atom. The number of carbonyl (C=O) groups is 1. The number of fused-ring (bicyclic) bond motifs is 1. The Balaban J connectivity index is 1.55. The molecule has 21 heavy (non-hydrogen) atoms. The molecule has 4 nitrogen and oxygen atoms in total. The molecule has 1 aromatic heterocycles. The van der Waals surface area contributed by atoms with E-state index in [1.54, 1.807) is 16.2 Å². The van der Waals surface area contributed by atoms with Crippen LogP contribution in [0.1, 0.15) is 36.0 Å². The van der Waals surface area contributed by atoms with Crippen LogP contribution in [0.4, 0.5) is 0 Å². The van der Waals surface area contributed by atoms with Gasteiger partial charge in [0.1, 0.15) is 0 Å². The highest BCUT2D eigenvalue weighted by Crippen LogP contribution is 2.20. The molecule has 5 heteroatoms. The lowest BCUT2D eigenvalue weighted by Crippen LogP contribution is -2.28. The molecule has 1 saturated heterocycles. The second-order valence-electron chi connectivity index (χ2n) is 5.54. The first-order chi connectivity index (χ1) is 10.2. The van der Waals surface area contributed by atoms with Gasteiger partial charge in [-0.25, -0.2) is 4.98 Å². The van der Waals surface area contributed by atoms with Gasteiger partial charge in [0.25, 0.3) is 5.91 Å². The van der Waals surface area contributed by atoms with Crippen molar-refractivity contribution < 1.29 is 9.53 Å². The van der Waals surface area contributed by atoms with Crippen LogP contribution in [0, 0.1) is 0 Å². The standard InChI is InChI=1S/C16H20N2O2S/c1-18(8-2-4-13-5-3-9-20-13)16(19)12-6-7-15-14(10-12)17-11-21-15/h6-7,10-11,13H,2-5,8-9H2,1H3/t13-/m1/s1. The third-order valence-corrected chi connectivity index (χ3v) is 4.78. The quantitative estimate of drug-likeness (QED) is 0.851. The largest absolute Gasteiger partial charge is 0.378 e. The fourth-order valence-electron chi connectivity index (χ4n) is 2.74. The number of aromatic nitrogens is 1. The Morgan fingerprint density at radius 1 is 1.52 bits per heavy atom. The van der Waals surface area contributed by atoms with Crippen molar-refractivity contribution in [2.75, 3.05) is 20.2 Å². The fourth-order valence-corrected chi connectivity index (χ4v) is 3.40. The Morgan fingerprint density at radius 2 is 2.43 bits per heavy atom. The van der Waals surface area contributed by atoms with Crippen molar-refractivity contribution in [2.24, 2.45) is 0 Å². The highest BCUT2D eigenvalue weighted by atomic mass is 32.1. The van der Waals surface area contributed by atoms with E-state index in [0.29, 0.717) is 11.7 Å². The average Bonchev–Trinajstić information content (AvgIpc) is 3.16. The molecule has 1 aliphatic heterocycles. The Kier molecular flexibility index (Phi) is 4.51. The van der Waals surface area contributed by atoms with Crippen LogP contribution in [-0.4, -0.2) is 42.1 Å². The van der Waals surface area contributed by atoms with Crippen molar-refractivity contribution in [1.82, 2.24) is 9.88 Å². The van der Waals surface area contributed by atoms with Gasteiger partial charge in [0.15, 0.2) is 0 Å². The summed E-state index contributed by atoms with van der Waals surface area (Å²) in [7, 11) is 1.86. The zero-order chi connectivity index (χ0) is 14.7. The number of rotatable bonds is 5. The SMILES string of the molecule is CN(CCC[C@@H]1CCCO1)C(=O)c1ccc2scnc2c1. The minimum Gasteiger partial charge on any atom is -0.378 e. The van der Waals surface area contributed by atoms with E-state index in [2.05, 4.69) is 4.98 Å². The molecule has 0 radical (unpaired) electrons. The predicted octanol–water partition coefficient (Wildman–Crippen LogP) is 3.33. The van der Waals surface area contributed by atoms with Crippen LogP contribution in [0.2, 0.25) is 0 Å². The maximum absolute atomic E-state index is 12.4. The molecule has 3 rings (SSSR count). The molecule has 0 bridgehead atoms. The van der Waals surface area contributed by atoms with Gasteiger partial charge in [-0.3, -0.25) is 4.79 Å². The Labute approximate surface area is 128 Å². The first kappa shape index (κ1) is 14.5. The van der Waals surface area contributed by atoms with Crippen LogP contribution in [0.3, 0.4) is 0 Å². The lowest BCUT2D eigenvalue weighted by atomic mass is 10.1. The van der Waals surface area contributed by atoms with Crippen molar-refractivity contribution in [1.29, 1.82) is 0 Å². The molecule has 112 valence electrons. The summed E-state index contributed by atoms with van der Waals surface area (Å²) >= 11 is 1.59. The number of thiazole rings is 1. The summed E-state index contributed by atoms with van der Waals surface area (Å²) in [4.78, 5) is 18.5. The summed E-state index contributed by atoms with van der Waals surface area (Å²) in [6.45, 7) is 1.67. The first-order valence-corrected chi connectivity index (χ1v) is 8.32. The van der Waals surface area contributed by atoms with E-state index < -0.39 is 0 Å². The summed E-state index contributed by atoms with van der Waals surface area (Å²) in [6, 6.07) is 5.74. The fraction of sp³-hybridized carbons (Fsp3) is 0.500. The summed E-state index contributed by atoms with van der Waals surface area (Å²) in [6.07, 6.45) is 4.78. The number of ether oxygens (including phenoxy) is 1. The molecule has 0 aliphatic carbocycles. The summed E-state index contributed by atoms with van der Waals surface area (Å²) in [5, 5.41) is 0. The van der Waals surface area contributed by atoms with Crippen molar-refractivity contribution in [3.8, 4) is 0 Å². The highest BCUT2D eigenvalue weighted by Gasteiger charge is 2.17. The smallest absolute Gasteiger partial charge is 0.253 e. The van der Waals surface area contributed by atoms with Gasteiger partial charge in [0.2, 0.25) is 0 Å². The topological polar surface area (TPSA) is 42.4 Å². The molecule has 0 spiro atoms. The van der Waals surface area contributed by atoms with Gasteiger partial charge in [-0.15, -0.1) is 11.3 Å². The Bertz CT molecular complexity index is 620. The van der Waals surface area contributed by atoms with Crippen LogP contribution in [0.25, 0.3) is 10.2 Å². The third-order valence-electron chi connectivity index (χ3n) is 3.97. The second-order valence-corrected chi connectivity index (χ2v) is 6.43. The molecule has 0 N–H and O–H groups in total. The monoisotopic (exact) mass is 304 g/mol. The van der Waals surface area contributed by atoms with Gasteiger partial charge < -0.3 is 9.64 Å². The van der Waals surface area contributed by atoms with Crippen molar-refractivity contribution in [3.63, 3.8) is 0 Å². The van der Waals surface area contributed by atoms with E-state index in [1.807, 2.05) is 30.8 Å². The van der Waals surface area contributed by atoms with Crippen molar-refractivity contribution in [2.45, 2.75) is 31.8 Å². The maximum Gasteiger partial charge on any atom is 0.253 e. The maximum atomic E-state index is 12.4. The molecule has 1 aliphatic rings. The van der Waals surface area contributed by atoms with Crippen molar-refractivity contribution >= 4 is 27.5 Å². The van der Waals surface area contributed by atoms with Gasteiger partial charge in [-0.05, 0) is 43.9 Å². The van der Waals surface area contributed by atoms with Gasteiger partial charge in [0, 0.05) is 25.8 Å². The van der Waals surface area contributed by atoms with Crippen LogP contribution < -0.4 is 0 Å². The van der Waals surface area contributed by atoms with Gasteiger partial charge in [-0.2, -0.15) is 0 Å². The number of nitrogens with zero attached hydrogens (tertiary/aromatic N) is 2. The lowest BCUT2D eigenvalue weighted by molar-refractivity contribution is 0.0763.